The fourth-order valence-electron chi connectivity index (χ4n) is 1.56. The molecule has 1 fully saturated rings. The number of hydrogen-bond acceptors (Lipinski definition) is 5. The monoisotopic (exact) mass is 328 g/mol. The lowest BCUT2D eigenvalue weighted by Gasteiger charge is -2.08. The molecule has 1 aliphatic carbocycles. The van der Waals surface area contributed by atoms with Crippen molar-refractivity contribution in [2.24, 2.45) is 4.99 Å². The van der Waals surface area contributed by atoms with Crippen LogP contribution in [0.4, 0.5) is 0 Å². The fraction of sp³-hybridized carbons (Fsp3) is 0.357. The van der Waals surface area contributed by atoms with Crippen LogP contribution in [0.25, 0.3) is 5.76 Å². The number of carbonyl (C=O) groups is 1. The van der Waals surface area contributed by atoms with Gasteiger partial charge in [0.15, 0.2) is 0 Å². The summed E-state index contributed by atoms with van der Waals surface area (Å²) < 4.78 is 4.93. The van der Waals surface area contributed by atoms with Crippen LogP contribution in [0.15, 0.2) is 22.7 Å². The third-order valence-corrected chi connectivity index (χ3v) is 3.28. The van der Waals surface area contributed by atoms with Crippen molar-refractivity contribution >= 4 is 41.1 Å². The Hall–Kier alpha value is -1.59. The molecule has 1 heterocycles. The van der Waals surface area contributed by atoms with Crippen molar-refractivity contribution in [2.45, 2.75) is 25.8 Å². The van der Waals surface area contributed by atoms with E-state index in [-0.39, 0.29) is 39.9 Å². The summed E-state index contributed by atoms with van der Waals surface area (Å²) >= 11 is 11.7. The third-order valence-electron chi connectivity index (χ3n) is 2.78. The van der Waals surface area contributed by atoms with E-state index in [1.54, 1.807) is 6.92 Å². The minimum absolute atomic E-state index is 0.00150. The molecule has 1 aliphatic rings. The van der Waals surface area contributed by atoms with Gasteiger partial charge >= 0.3 is 5.97 Å². The van der Waals surface area contributed by atoms with Crippen molar-refractivity contribution in [1.29, 1.82) is 0 Å². The maximum atomic E-state index is 11.9. The van der Waals surface area contributed by atoms with Crippen molar-refractivity contribution in [3.05, 3.63) is 33.6 Å². The van der Waals surface area contributed by atoms with Crippen molar-refractivity contribution < 1.29 is 14.6 Å². The second-order valence-electron chi connectivity index (χ2n) is 4.46. The molecule has 0 atom stereocenters. The summed E-state index contributed by atoms with van der Waals surface area (Å²) in [6.45, 7) is 1.88. The summed E-state index contributed by atoms with van der Waals surface area (Å²) in [7, 11) is 0. The van der Waals surface area contributed by atoms with Gasteiger partial charge in [0.2, 0.25) is 0 Å². The summed E-state index contributed by atoms with van der Waals surface area (Å²) in [5.74, 6) is -0.988. The first kappa shape index (κ1) is 15.8. The van der Waals surface area contributed by atoms with Crippen LogP contribution in [0.2, 0.25) is 10.3 Å². The number of aliphatic hydroxyl groups is 1. The van der Waals surface area contributed by atoms with Crippen LogP contribution in [0.3, 0.4) is 0 Å². The summed E-state index contributed by atoms with van der Waals surface area (Å²) in [6, 6.07) is 3.16. The van der Waals surface area contributed by atoms with Gasteiger partial charge in [-0.3, -0.25) is 4.99 Å². The van der Waals surface area contributed by atoms with Gasteiger partial charge in [-0.05, 0) is 31.9 Å². The van der Waals surface area contributed by atoms with Crippen LogP contribution in [0, 0.1) is 0 Å². The first-order valence-electron chi connectivity index (χ1n) is 6.49. The highest BCUT2D eigenvalue weighted by Crippen LogP contribution is 2.26. The first-order chi connectivity index (χ1) is 10.0. The molecule has 0 saturated heterocycles. The Morgan fingerprint density at radius 3 is 2.81 bits per heavy atom. The van der Waals surface area contributed by atoms with E-state index in [0.29, 0.717) is 0 Å². The van der Waals surface area contributed by atoms with Gasteiger partial charge in [-0.15, -0.1) is 0 Å². The number of nitrogens with zero attached hydrogens (tertiary/aromatic N) is 2. The molecular formula is C14H14Cl2N2O3. The van der Waals surface area contributed by atoms with E-state index in [9.17, 15) is 9.90 Å². The molecule has 1 aromatic rings. The molecule has 1 saturated carbocycles. The van der Waals surface area contributed by atoms with Crippen LogP contribution >= 0.6 is 23.2 Å². The van der Waals surface area contributed by atoms with E-state index in [4.69, 9.17) is 27.9 Å². The van der Waals surface area contributed by atoms with Crippen molar-refractivity contribution in [2.75, 3.05) is 6.61 Å². The van der Waals surface area contributed by atoms with Gasteiger partial charge in [0, 0.05) is 6.21 Å². The zero-order valence-corrected chi connectivity index (χ0v) is 12.9. The molecule has 5 nitrogen and oxygen atoms in total. The van der Waals surface area contributed by atoms with E-state index >= 15 is 0 Å². The molecule has 0 spiro atoms. The molecule has 0 aliphatic heterocycles. The number of aliphatic hydroxyl groups excluding tert-OH is 1. The highest BCUT2D eigenvalue weighted by molar-refractivity contribution is 6.33. The Morgan fingerprint density at radius 2 is 2.24 bits per heavy atom. The summed E-state index contributed by atoms with van der Waals surface area (Å²) in [5.41, 5.74) is 0.154. The van der Waals surface area contributed by atoms with Gasteiger partial charge in [-0.1, -0.05) is 23.2 Å². The first-order valence-corrected chi connectivity index (χ1v) is 7.24. The lowest BCUT2D eigenvalue weighted by atomic mass is 10.1. The highest BCUT2D eigenvalue weighted by atomic mass is 35.5. The second-order valence-corrected chi connectivity index (χ2v) is 5.21. The molecule has 1 N–H and O–H groups in total. The largest absolute Gasteiger partial charge is 0.506 e. The molecule has 0 bridgehead atoms. The number of aromatic nitrogens is 1. The minimum atomic E-state index is -0.662. The smallest absolute Gasteiger partial charge is 0.343 e. The highest BCUT2D eigenvalue weighted by Gasteiger charge is 2.22. The van der Waals surface area contributed by atoms with E-state index < -0.39 is 5.97 Å². The fourth-order valence-corrected chi connectivity index (χ4v) is 1.99. The molecule has 21 heavy (non-hydrogen) atoms. The average molecular weight is 329 g/mol. The summed E-state index contributed by atoms with van der Waals surface area (Å²) in [4.78, 5) is 20.0. The predicted octanol–water partition coefficient (Wildman–Crippen LogP) is 3.45. The number of esters is 1. The molecule has 0 unspecified atom stereocenters. The molecule has 2 rings (SSSR count). The topological polar surface area (TPSA) is 71.8 Å². The Labute approximate surface area is 132 Å². The van der Waals surface area contributed by atoms with Crippen LogP contribution in [-0.4, -0.2) is 34.9 Å². The normalized spacial score (nSPS) is 16.0. The second kappa shape index (κ2) is 6.91. The predicted molar refractivity (Wildman–Crippen MR) is 82.0 cm³/mol. The van der Waals surface area contributed by atoms with Gasteiger partial charge < -0.3 is 9.84 Å². The van der Waals surface area contributed by atoms with E-state index in [1.807, 2.05) is 0 Å². The number of rotatable bonds is 5. The Balaban J connectivity index is 2.41. The molecule has 112 valence electrons. The SMILES string of the molecule is CCOC(=O)C(C=NC1CC1)=C(O)c1ccc(Cl)nc1Cl. The maximum absolute atomic E-state index is 11.9. The lowest BCUT2D eigenvalue weighted by Crippen LogP contribution is -2.12. The molecule has 7 heteroatoms. The minimum Gasteiger partial charge on any atom is -0.506 e. The van der Waals surface area contributed by atoms with Crippen molar-refractivity contribution in [1.82, 2.24) is 4.98 Å². The number of carbonyl (C=O) groups excluding carboxylic acids is 1. The number of hydrogen-bond donors (Lipinski definition) is 1. The van der Waals surface area contributed by atoms with Crippen LogP contribution in [0.5, 0.6) is 0 Å². The van der Waals surface area contributed by atoms with Crippen molar-refractivity contribution in [3.63, 3.8) is 0 Å². The Bertz CT molecular complexity index is 610. The standard InChI is InChI=1S/C14H14Cl2N2O3/c1-2-21-14(20)10(7-17-8-3-4-8)12(19)9-5-6-11(15)18-13(9)16/h5-8,19H,2-4H2,1H3. The van der Waals surface area contributed by atoms with Gasteiger partial charge in [0.25, 0.3) is 0 Å². The van der Waals surface area contributed by atoms with E-state index in [2.05, 4.69) is 9.98 Å². The zero-order valence-electron chi connectivity index (χ0n) is 11.3. The molecule has 0 amide bonds. The summed E-state index contributed by atoms with van der Waals surface area (Å²) in [5, 5.41) is 10.5. The lowest BCUT2D eigenvalue weighted by molar-refractivity contribution is -0.137. The van der Waals surface area contributed by atoms with E-state index in [0.717, 1.165) is 12.8 Å². The van der Waals surface area contributed by atoms with E-state index in [1.165, 1.54) is 18.3 Å². The van der Waals surface area contributed by atoms with Crippen LogP contribution < -0.4 is 0 Å². The van der Waals surface area contributed by atoms with Gasteiger partial charge in [-0.25, -0.2) is 9.78 Å². The number of halogens is 2. The molecule has 1 aromatic heterocycles. The average Bonchev–Trinajstić information content (AvgIpc) is 3.23. The zero-order chi connectivity index (χ0) is 15.4. The third kappa shape index (κ3) is 4.19. The Kier molecular flexibility index (Phi) is 5.20. The molecule has 0 radical (unpaired) electrons. The quantitative estimate of drug-likeness (QED) is 0.295. The summed E-state index contributed by atoms with van der Waals surface area (Å²) in [6.07, 6.45) is 3.29. The van der Waals surface area contributed by atoms with Crippen LogP contribution in [0.1, 0.15) is 25.3 Å². The van der Waals surface area contributed by atoms with Gasteiger partial charge in [0.1, 0.15) is 21.6 Å². The van der Waals surface area contributed by atoms with Crippen molar-refractivity contribution in [3.8, 4) is 0 Å². The van der Waals surface area contributed by atoms with Crippen LogP contribution in [-0.2, 0) is 9.53 Å². The maximum Gasteiger partial charge on any atom is 0.343 e. The van der Waals surface area contributed by atoms with Gasteiger partial charge in [-0.2, -0.15) is 0 Å². The Morgan fingerprint density at radius 1 is 1.52 bits per heavy atom. The number of aliphatic imine (C=N–C) groups is 1. The molecular weight excluding hydrogens is 315 g/mol. The molecule has 0 aromatic carbocycles. The number of ether oxygens (including phenoxy) is 1. The number of pyridine rings is 1. The van der Waals surface area contributed by atoms with Gasteiger partial charge in [0.05, 0.1) is 18.2 Å².